The van der Waals surface area contributed by atoms with Gasteiger partial charge in [-0.05, 0) is 49.4 Å². The van der Waals surface area contributed by atoms with Crippen LogP contribution in [0.25, 0.3) is 0 Å². The second-order valence-electron chi connectivity index (χ2n) is 5.35. The van der Waals surface area contributed by atoms with Gasteiger partial charge in [-0.3, -0.25) is 4.79 Å². The maximum Gasteiger partial charge on any atom is 0.241 e. The highest BCUT2D eigenvalue weighted by Gasteiger charge is 2.42. The molecule has 1 saturated carbocycles. The van der Waals surface area contributed by atoms with Crippen molar-refractivity contribution in [1.29, 1.82) is 0 Å². The summed E-state index contributed by atoms with van der Waals surface area (Å²) < 4.78 is 14.4. The number of fused-ring (bicyclic) bond motifs is 1. The molecule has 3 atom stereocenters. The minimum absolute atomic E-state index is 0.119. The standard InChI is InChI=1S/C14H16BrFN2O/c15-9-4-5-11(16)12(6-9)18-14(19)13-10-3-1-2-8(10)7-17-13/h4-6,8,10,13,17H,1-3,7H2,(H,18,19). The molecule has 1 heterocycles. The van der Waals surface area contributed by atoms with E-state index in [2.05, 4.69) is 26.6 Å². The number of hydrogen-bond donors (Lipinski definition) is 2. The number of anilines is 1. The number of carbonyl (C=O) groups excluding carboxylic acids is 1. The number of halogens is 2. The Kier molecular flexibility index (Phi) is 3.58. The summed E-state index contributed by atoms with van der Waals surface area (Å²) in [6.45, 7) is 0.906. The summed E-state index contributed by atoms with van der Waals surface area (Å²) >= 11 is 3.28. The van der Waals surface area contributed by atoms with Crippen molar-refractivity contribution in [3.05, 3.63) is 28.5 Å². The molecule has 3 rings (SSSR count). The molecule has 1 aliphatic carbocycles. The van der Waals surface area contributed by atoms with Gasteiger partial charge in [-0.2, -0.15) is 0 Å². The number of carbonyl (C=O) groups is 1. The third-order valence-electron chi connectivity index (χ3n) is 4.21. The highest BCUT2D eigenvalue weighted by molar-refractivity contribution is 9.10. The maximum atomic E-state index is 13.6. The van der Waals surface area contributed by atoms with E-state index in [4.69, 9.17) is 0 Å². The average molecular weight is 327 g/mol. The summed E-state index contributed by atoms with van der Waals surface area (Å²) in [5, 5.41) is 5.97. The Hall–Kier alpha value is -0.940. The van der Waals surface area contributed by atoms with Gasteiger partial charge >= 0.3 is 0 Å². The molecule has 0 radical (unpaired) electrons. The van der Waals surface area contributed by atoms with Crippen LogP contribution in [0.2, 0.25) is 0 Å². The molecule has 1 aliphatic heterocycles. The first kappa shape index (κ1) is 13.1. The van der Waals surface area contributed by atoms with Crippen LogP contribution in [0.1, 0.15) is 19.3 Å². The molecule has 3 unspecified atom stereocenters. The Balaban J connectivity index is 1.73. The van der Waals surface area contributed by atoms with Crippen LogP contribution in [-0.2, 0) is 4.79 Å². The normalized spacial score (nSPS) is 29.3. The Bertz CT molecular complexity index is 508. The first-order chi connectivity index (χ1) is 9.15. The van der Waals surface area contributed by atoms with E-state index in [9.17, 15) is 9.18 Å². The summed E-state index contributed by atoms with van der Waals surface area (Å²) in [5.74, 6) is 0.502. The fraction of sp³-hybridized carbons (Fsp3) is 0.500. The lowest BCUT2D eigenvalue weighted by atomic mass is 9.93. The number of hydrogen-bond acceptors (Lipinski definition) is 2. The van der Waals surface area contributed by atoms with Crippen LogP contribution in [-0.4, -0.2) is 18.5 Å². The van der Waals surface area contributed by atoms with E-state index in [1.165, 1.54) is 18.9 Å². The number of benzene rings is 1. The summed E-state index contributed by atoms with van der Waals surface area (Å²) in [7, 11) is 0. The zero-order valence-electron chi connectivity index (χ0n) is 10.5. The monoisotopic (exact) mass is 326 g/mol. The van der Waals surface area contributed by atoms with Crippen molar-refractivity contribution < 1.29 is 9.18 Å². The zero-order valence-corrected chi connectivity index (χ0v) is 12.0. The van der Waals surface area contributed by atoms with Crippen molar-refractivity contribution in [2.24, 2.45) is 11.8 Å². The Labute approximate surface area is 120 Å². The molecule has 3 nitrogen and oxygen atoms in total. The summed E-state index contributed by atoms with van der Waals surface area (Å²) in [6.07, 6.45) is 3.50. The van der Waals surface area contributed by atoms with Gasteiger partial charge in [-0.25, -0.2) is 4.39 Å². The SMILES string of the molecule is O=C(Nc1cc(Br)ccc1F)C1NCC2CCCC21. The second kappa shape index (κ2) is 5.21. The molecule has 2 N–H and O–H groups in total. The van der Waals surface area contributed by atoms with Crippen molar-refractivity contribution in [2.45, 2.75) is 25.3 Å². The van der Waals surface area contributed by atoms with Crippen molar-refractivity contribution in [3.63, 3.8) is 0 Å². The van der Waals surface area contributed by atoms with Gasteiger partial charge in [0.2, 0.25) is 5.91 Å². The molecule has 1 saturated heterocycles. The van der Waals surface area contributed by atoms with Gasteiger partial charge in [-0.15, -0.1) is 0 Å². The van der Waals surface area contributed by atoms with E-state index >= 15 is 0 Å². The summed E-state index contributed by atoms with van der Waals surface area (Å²) in [4.78, 5) is 12.3. The lowest BCUT2D eigenvalue weighted by Crippen LogP contribution is -2.39. The molecule has 5 heteroatoms. The molecule has 0 bridgehead atoms. The molecule has 1 aromatic carbocycles. The molecule has 0 aromatic heterocycles. The van der Waals surface area contributed by atoms with Gasteiger partial charge in [0.15, 0.2) is 0 Å². The lowest BCUT2D eigenvalue weighted by Gasteiger charge is -2.18. The average Bonchev–Trinajstić information content (AvgIpc) is 2.95. The summed E-state index contributed by atoms with van der Waals surface area (Å²) in [5.41, 5.74) is 0.239. The maximum absolute atomic E-state index is 13.6. The third kappa shape index (κ3) is 2.54. The number of rotatable bonds is 2. The van der Waals surface area contributed by atoms with Gasteiger partial charge in [0.05, 0.1) is 11.7 Å². The first-order valence-corrected chi connectivity index (χ1v) is 7.44. The third-order valence-corrected chi connectivity index (χ3v) is 4.71. The molecule has 2 fully saturated rings. The topological polar surface area (TPSA) is 41.1 Å². The highest BCUT2D eigenvalue weighted by atomic mass is 79.9. The number of nitrogens with one attached hydrogen (secondary N) is 2. The van der Waals surface area contributed by atoms with E-state index in [0.717, 1.165) is 17.4 Å². The van der Waals surface area contributed by atoms with Gasteiger partial charge < -0.3 is 10.6 Å². The molecule has 19 heavy (non-hydrogen) atoms. The minimum Gasteiger partial charge on any atom is -0.322 e. The predicted molar refractivity (Wildman–Crippen MR) is 75.4 cm³/mol. The van der Waals surface area contributed by atoms with E-state index in [-0.39, 0.29) is 17.6 Å². The van der Waals surface area contributed by atoms with E-state index < -0.39 is 5.82 Å². The Morgan fingerprint density at radius 2 is 2.26 bits per heavy atom. The molecule has 0 spiro atoms. The molecule has 1 aromatic rings. The van der Waals surface area contributed by atoms with Crippen LogP contribution < -0.4 is 10.6 Å². The number of amides is 1. The molecular formula is C14H16BrFN2O. The zero-order chi connectivity index (χ0) is 13.4. The summed E-state index contributed by atoms with van der Waals surface area (Å²) in [6, 6.07) is 4.38. The predicted octanol–water partition coefficient (Wildman–Crippen LogP) is 2.91. The van der Waals surface area contributed by atoms with Crippen molar-refractivity contribution in [1.82, 2.24) is 5.32 Å². The Morgan fingerprint density at radius 3 is 3.11 bits per heavy atom. The molecule has 1 amide bonds. The largest absolute Gasteiger partial charge is 0.322 e. The van der Waals surface area contributed by atoms with Crippen LogP contribution in [0.5, 0.6) is 0 Å². The minimum atomic E-state index is -0.405. The quantitative estimate of drug-likeness (QED) is 0.877. The smallest absolute Gasteiger partial charge is 0.241 e. The Morgan fingerprint density at radius 1 is 1.42 bits per heavy atom. The molecule has 2 aliphatic rings. The van der Waals surface area contributed by atoms with Gasteiger partial charge in [0.25, 0.3) is 0 Å². The van der Waals surface area contributed by atoms with Gasteiger partial charge in [-0.1, -0.05) is 22.4 Å². The van der Waals surface area contributed by atoms with Crippen molar-refractivity contribution in [3.8, 4) is 0 Å². The van der Waals surface area contributed by atoms with Crippen LogP contribution in [0.4, 0.5) is 10.1 Å². The van der Waals surface area contributed by atoms with E-state index in [1.807, 2.05) is 0 Å². The van der Waals surface area contributed by atoms with Crippen LogP contribution in [0.3, 0.4) is 0 Å². The fourth-order valence-corrected chi connectivity index (χ4v) is 3.64. The first-order valence-electron chi connectivity index (χ1n) is 6.64. The van der Waals surface area contributed by atoms with Crippen LogP contribution in [0.15, 0.2) is 22.7 Å². The van der Waals surface area contributed by atoms with Crippen molar-refractivity contribution in [2.75, 3.05) is 11.9 Å². The van der Waals surface area contributed by atoms with E-state index in [1.54, 1.807) is 12.1 Å². The lowest BCUT2D eigenvalue weighted by molar-refractivity contribution is -0.118. The van der Waals surface area contributed by atoms with Crippen molar-refractivity contribution >= 4 is 27.5 Å². The van der Waals surface area contributed by atoms with Gasteiger partial charge in [0.1, 0.15) is 5.82 Å². The molecule has 102 valence electrons. The van der Waals surface area contributed by atoms with Gasteiger partial charge in [0, 0.05) is 4.47 Å². The van der Waals surface area contributed by atoms with Crippen LogP contribution in [0, 0.1) is 17.7 Å². The fourth-order valence-electron chi connectivity index (χ4n) is 3.28. The van der Waals surface area contributed by atoms with Crippen LogP contribution >= 0.6 is 15.9 Å². The molecular weight excluding hydrogens is 311 g/mol. The second-order valence-corrected chi connectivity index (χ2v) is 6.27. The highest BCUT2D eigenvalue weighted by Crippen LogP contribution is 2.38. The van der Waals surface area contributed by atoms with E-state index in [0.29, 0.717) is 11.8 Å².